The molecule has 11 heteroatoms. The third-order valence-electron chi connectivity index (χ3n) is 7.22. The largest absolute Gasteiger partial charge is 0.363 e. The molecule has 2 N–H and O–H groups in total. The number of hydrogen-bond donors (Lipinski definition) is 2. The monoisotopic (exact) mass is 525 g/mol. The van der Waals surface area contributed by atoms with E-state index in [0.717, 1.165) is 52.1 Å². The average Bonchev–Trinajstić information content (AvgIpc) is 3.29. The predicted molar refractivity (Wildman–Crippen MR) is 140 cm³/mol. The van der Waals surface area contributed by atoms with Crippen molar-refractivity contribution in [3.63, 3.8) is 0 Å². The van der Waals surface area contributed by atoms with Gasteiger partial charge in [-0.15, -0.1) is 11.3 Å². The lowest BCUT2D eigenvalue weighted by atomic mass is 9.96. The zero-order valence-electron chi connectivity index (χ0n) is 19.9. The van der Waals surface area contributed by atoms with Crippen LogP contribution in [-0.4, -0.2) is 61.2 Å². The summed E-state index contributed by atoms with van der Waals surface area (Å²) in [5.41, 5.74) is 6.65. The molecular formula is C25H27N5O4S2. The van der Waals surface area contributed by atoms with Gasteiger partial charge in [0.05, 0.1) is 40.0 Å². The van der Waals surface area contributed by atoms with Crippen molar-refractivity contribution in [3.05, 3.63) is 53.2 Å². The summed E-state index contributed by atoms with van der Waals surface area (Å²) in [6, 6.07) is 8.32. The fourth-order valence-corrected chi connectivity index (χ4v) is 6.14. The van der Waals surface area contributed by atoms with E-state index in [1.165, 1.54) is 5.57 Å². The molecule has 1 atom stereocenters. The maximum Gasteiger partial charge on any atom is 0.264 e. The van der Waals surface area contributed by atoms with Crippen molar-refractivity contribution < 1.29 is 17.4 Å². The molecule has 0 bridgehead atoms. The Hall–Kier alpha value is -3.02. The molecule has 3 aliphatic rings. The van der Waals surface area contributed by atoms with Crippen molar-refractivity contribution >= 4 is 54.8 Å². The molecule has 0 spiro atoms. The second-order valence-corrected chi connectivity index (χ2v) is 12.3. The molecule has 2 aliphatic heterocycles. The first kappa shape index (κ1) is 23.4. The van der Waals surface area contributed by atoms with Gasteiger partial charge in [-0.3, -0.25) is 8.98 Å². The van der Waals surface area contributed by atoms with Crippen LogP contribution in [-0.2, 0) is 25.5 Å². The number of benzene rings is 1. The lowest BCUT2D eigenvalue weighted by Crippen LogP contribution is -2.43. The van der Waals surface area contributed by atoms with E-state index in [9.17, 15) is 13.2 Å². The van der Waals surface area contributed by atoms with Crippen LogP contribution >= 0.6 is 11.3 Å². The van der Waals surface area contributed by atoms with E-state index in [-0.39, 0.29) is 18.6 Å². The van der Waals surface area contributed by atoms with Gasteiger partial charge in [0.2, 0.25) is 5.91 Å². The predicted octanol–water partition coefficient (Wildman–Crippen LogP) is 3.69. The SMILES string of the molecule is CS(=O)(=O)OCC1(C(=O)N2CC=C(C3Cc4c(Nc5ccc6ncsc6c5)ccnc4N3)CC2)CC1. The molecule has 1 aromatic carbocycles. The van der Waals surface area contributed by atoms with Gasteiger partial charge < -0.3 is 15.5 Å². The van der Waals surface area contributed by atoms with E-state index in [4.69, 9.17) is 4.18 Å². The minimum atomic E-state index is -3.56. The molecular weight excluding hydrogens is 498 g/mol. The summed E-state index contributed by atoms with van der Waals surface area (Å²) in [5, 5.41) is 7.11. The fraction of sp³-hybridized carbons (Fsp3) is 0.400. The Bertz CT molecular complexity index is 1480. The molecule has 4 heterocycles. The van der Waals surface area contributed by atoms with Crippen LogP contribution in [0.15, 0.2) is 47.6 Å². The number of thiazole rings is 1. The third-order valence-corrected chi connectivity index (χ3v) is 8.56. The van der Waals surface area contributed by atoms with Crippen LogP contribution in [0.5, 0.6) is 0 Å². The Labute approximate surface area is 213 Å². The van der Waals surface area contributed by atoms with Crippen molar-refractivity contribution in [1.82, 2.24) is 14.9 Å². The van der Waals surface area contributed by atoms with Crippen LogP contribution in [0.1, 0.15) is 24.8 Å². The number of nitrogens with one attached hydrogen (secondary N) is 2. The maximum atomic E-state index is 13.1. The van der Waals surface area contributed by atoms with Gasteiger partial charge in [-0.2, -0.15) is 8.42 Å². The average molecular weight is 526 g/mol. The van der Waals surface area contributed by atoms with Crippen molar-refractivity contribution in [2.45, 2.75) is 31.7 Å². The Morgan fingerprint density at radius 1 is 1.31 bits per heavy atom. The molecule has 1 amide bonds. The topological polar surface area (TPSA) is 114 Å². The Morgan fingerprint density at radius 2 is 2.17 bits per heavy atom. The number of hydrogen-bond acceptors (Lipinski definition) is 9. The standard InChI is InChI=1S/C25H27N5O4S2/c1-36(32,33)34-14-25(7-8-25)24(31)30-10-5-16(6-11-30)21-13-18-19(4-9-26-23(18)29-21)28-17-2-3-20-22(12-17)35-15-27-20/h2-5,9,12,15,21H,6-8,10-11,13-14H2,1H3,(H2,26,28,29). The quantitative estimate of drug-likeness (QED) is 0.355. The van der Waals surface area contributed by atoms with Gasteiger partial charge in [0.25, 0.3) is 10.1 Å². The van der Waals surface area contributed by atoms with Gasteiger partial charge in [-0.25, -0.2) is 9.97 Å². The number of nitrogens with zero attached hydrogens (tertiary/aromatic N) is 3. The summed E-state index contributed by atoms with van der Waals surface area (Å²) >= 11 is 1.62. The lowest BCUT2D eigenvalue weighted by Gasteiger charge is -2.31. The molecule has 6 rings (SSSR count). The summed E-state index contributed by atoms with van der Waals surface area (Å²) in [7, 11) is -3.56. The van der Waals surface area contributed by atoms with Crippen molar-refractivity contribution in [3.8, 4) is 0 Å². The highest BCUT2D eigenvalue weighted by Gasteiger charge is 2.52. The van der Waals surface area contributed by atoms with E-state index >= 15 is 0 Å². The van der Waals surface area contributed by atoms with Crippen LogP contribution in [0, 0.1) is 5.41 Å². The summed E-state index contributed by atoms with van der Waals surface area (Å²) in [6.45, 7) is 1.08. The number of carbonyl (C=O) groups excluding carboxylic acids is 1. The second kappa shape index (κ2) is 8.82. The number of aromatic nitrogens is 2. The number of amides is 1. The number of carbonyl (C=O) groups is 1. The Morgan fingerprint density at radius 3 is 2.92 bits per heavy atom. The van der Waals surface area contributed by atoms with E-state index in [2.05, 4.69) is 32.7 Å². The van der Waals surface area contributed by atoms with Crippen LogP contribution in [0.2, 0.25) is 0 Å². The van der Waals surface area contributed by atoms with Gasteiger partial charge in [0.15, 0.2) is 0 Å². The van der Waals surface area contributed by atoms with Crippen molar-refractivity contribution in [2.24, 2.45) is 5.41 Å². The molecule has 0 saturated heterocycles. The smallest absolute Gasteiger partial charge is 0.264 e. The number of fused-ring (bicyclic) bond motifs is 2. The number of rotatable bonds is 7. The van der Waals surface area contributed by atoms with E-state index in [1.807, 2.05) is 34.8 Å². The zero-order chi connectivity index (χ0) is 24.9. The second-order valence-electron chi connectivity index (χ2n) is 9.77. The van der Waals surface area contributed by atoms with Gasteiger partial charge in [0.1, 0.15) is 5.82 Å². The molecule has 1 aliphatic carbocycles. The molecule has 2 aromatic heterocycles. The summed E-state index contributed by atoms with van der Waals surface area (Å²) in [5.74, 6) is 0.883. The first-order valence-corrected chi connectivity index (χ1v) is 14.7. The van der Waals surface area contributed by atoms with E-state index in [1.54, 1.807) is 11.3 Å². The molecule has 3 aromatic rings. The minimum absolute atomic E-state index is 0.00446. The van der Waals surface area contributed by atoms with E-state index < -0.39 is 15.5 Å². The van der Waals surface area contributed by atoms with Gasteiger partial charge in [0, 0.05) is 42.6 Å². The Balaban J connectivity index is 1.12. The number of anilines is 3. The maximum absolute atomic E-state index is 13.1. The normalized spacial score (nSPS) is 20.5. The Kier molecular flexibility index (Phi) is 5.73. The highest BCUT2D eigenvalue weighted by Crippen LogP contribution is 2.48. The highest BCUT2D eigenvalue weighted by molar-refractivity contribution is 7.85. The molecule has 1 saturated carbocycles. The third kappa shape index (κ3) is 4.58. The summed E-state index contributed by atoms with van der Waals surface area (Å²) in [4.78, 5) is 23.8. The van der Waals surface area contributed by atoms with Gasteiger partial charge >= 0.3 is 0 Å². The van der Waals surface area contributed by atoms with Gasteiger partial charge in [-0.1, -0.05) is 6.08 Å². The van der Waals surface area contributed by atoms with Crippen LogP contribution < -0.4 is 10.6 Å². The first-order valence-electron chi connectivity index (χ1n) is 12.0. The summed E-state index contributed by atoms with van der Waals surface area (Å²) in [6.07, 6.45) is 7.89. The first-order chi connectivity index (χ1) is 17.3. The van der Waals surface area contributed by atoms with Crippen molar-refractivity contribution in [2.75, 3.05) is 36.6 Å². The molecule has 0 radical (unpaired) electrons. The van der Waals surface area contributed by atoms with Crippen molar-refractivity contribution in [1.29, 1.82) is 0 Å². The minimum Gasteiger partial charge on any atom is -0.363 e. The number of pyridine rings is 1. The summed E-state index contributed by atoms with van der Waals surface area (Å²) < 4.78 is 28.9. The molecule has 36 heavy (non-hydrogen) atoms. The van der Waals surface area contributed by atoms with Crippen LogP contribution in [0.25, 0.3) is 10.2 Å². The van der Waals surface area contributed by atoms with E-state index in [0.29, 0.717) is 25.9 Å². The highest BCUT2D eigenvalue weighted by atomic mass is 32.2. The lowest BCUT2D eigenvalue weighted by molar-refractivity contribution is -0.137. The molecule has 1 unspecified atom stereocenters. The fourth-order valence-electron chi connectivity index (χ4n) is 4.98. The molecule has 188 valence electrons. The molecule has 9 nitrogen and oxygen atoms in total. The zero-order valence-corrected chi connectivity index (χ0v) is 21.5. The van der Waals surface area contributed by atoms with Crippen LogP contribution in [0.3, 0.4) is 0 Å². The van der Waals surface area contributed by atoms with Gasteiger partial charge in [-0.05, 0) is 49.1 Å². The molecule has 1 fully saturated rings. The van der Waals surface area contributed by atoms with Crippen LogP contribution in [0.4, 0.5) is 17.2 Å².